The number of hydrogen-bond donors (Lipinski definition) is 3. The van der Waals surface area contributed by atoms with Crippen molar-refractivity contribution in [2.24, 2.45) is 7.05 Å². The van der Waals surface area contributed by atoms with Gasteiger partial charge in [-0.2, -0.15) is 10.2 Å². The van der Waals surface area contributed by atoms with Crippen molar-refractivity contribution in [1.82, 2.24) is 35.3 Å². The van der Waals surface area contributed by atoms with Crippen LogP contribution in [0.5, 0.6) is 0 Å². The van der Waals surface area contributed by atoms with Crippen LogP contribution in [0.15, 0.2) is 43.1 Å². The monoisotopic (exact) mass is 474 g/mol. The number of rotatable bonds is 5. The minimum Gasteiger partial charge on any atom is -0.446 e. The Morgan fingerprint density at radius 1 is 1.32 bits per heavy atom. The predicted octanol–water partition coefficient (Wildman–Crippen LogP) is 3.83. The summed E-state index contributed by atoms with van der Waals surface area (Å²) in [6, 6.07) is 6.04. The largest absolute Gasteiger partial charge is 0.446 e. The fraction of sp³-hybridized carbons (Fsp3) is 0.261. The minimum atomic E-state index is -0.407. The Kier molecular flexibility index (Phi) is 5.10. The third-order valence-corrected chi connectivity index (χ3v) is 7.13. The van der Waals surface area contributed by atoms with Crippen LogP contribution in [0.4, 0.5) is 16.3 Å². The molecular weight excluding hydrogens is 452 g/mol. The number of nitrogens with one attached hydrogen (secondary N) is 3. The average molecular weight is 475 g/mol. The number of carbonyl (C=O) groups is 1. The molecule has 0 fully saturated rings. The van der Waals surface area contributed by atoms with Crippen molar-refractivity contribution in [2.75, 3.05) is 5.32 Å². The Labute approximate surface area is 198 Å². The van der Waals surface area contributed by atoms with Crippen molar-refractivity contribution in [1.29, 1.82) is 0 Å². The molecule has 5 aromatic rings. The maximum absolute atomic E-state index is 12.3. The van der Waals surface area contributed by atoms with Gasteiger partial charge in [0.15, 0.2) is 0 Å². The van der Waals surface area contributed by atoms with Crippen molar-refractivity contribution in [3.8, 4) is 0 Å². The summed E-state index contributed by atoms with van der Waals surface area (Å²) in [7, 11) is 1.84. The van der Waals surface area contributed by atoms with E-state index in [2.05, 4.69) is 35.9 Å². The van der Waals surface area contributed by atoms with Gasteiger partial charge in [-0.05, 0) is 36.6 Å². The van der Waals surface area contributed by atoms with Gasteiger partial charge in [0, 0.05) is 47.7 Å². The van der Waals surface area contributed by atoms with Gasteiger partial charge in [-0.25, -0.2) is 14.8 Å². The Bertz CT molecular complexity index is 1500. The van der Waals surface area contributed by atoms with Crippen LogP contribution >= 0.6 is 11.3 Å². The summed E-state index contributed by atoms with van der Waals surface area (Å²) in [5, 5.41) is 19.5. The molecule has 1 unspecified atom stereocenters. The van der Waals surface area contributed by atoms with Gasteiger partial charge in [0.2, 0.25) is 0 Å². The number of ether oxygens (including phenoxy) is 1. The lowest BCUT2D eigenvalue weighted by Crippen LogP contribution is -2.31. The second-order valence-electron chi connectivity index (χ2n) is 8.35. The number of nitrogens with zero attached hydrogens (tertiary/aromatic N) is 5. The molecule has 4 heterocycles. The first kappa shape index (κ1) is 20.6. The van der Waals surface area contributed by atoms with Crippen LogP contribution in [0.3, 0.4) is 0 Å². The van der Waals surface area contributed by atoms with E-state index in [-0.39, 0.29) is 6.10 Å². The zero-order valence-electron chi connectivity index (χ0n) is 18.4. The number of amides is 1. The molecule has 172 valence electrons. The maximum atomic E-state index is 12.3. The third kappa shape index (κ3) is 3.94. The number of alkyl carbamates (subject to hydrolysis) is 1. The molecule has 0 spiro atoms. The molecular formula is C23H22N8O2S. The number of fused-ring (bicyclic) bond motifs is 4. The summed E-state index contributed by atoms with van der Waals surface area (Å²) in [5.41, 5.74) is 4.10. The molecule has 11 heteroatoms. The molecule has 1 aromatic carbocycles. The fourth-order valence-corrected chi connectivity index (χ4v) is 5.61. The molecule has 3 N–H and O–H groups in total. The average Bonchev–Trinajstić information content (AvgIpc) is 3.55. The Hall–Kier alpha value is -3.99. The van der Waals surface area contributed by atoms with Crippen molar-refractivity contribution in [3.63, 3.8) is 0 Å². The maximum Gasteiger partial charge on any atom is 0.407 e. The molecule has 10 nitrogen and oxygen atoms in total. The topological polar surface area (TPSA) is 123 Å². The van der Waals surface area contributed by atoms with Gasteiger partial charge in [-0.1, -0.05) is 0 Å². The molecule has 0 saturated heterocycles. The Morgan fingerprint density at radius 3 is 3.15 bits per heavy atom. The number of aromatic nitrogens is 6. The predicted molar refractivity (Wildman–Crippen MR) is 129 cm³/mol. The molecule has 0 saturated carbocycles. The number of aromatic amines is 1. The van der Waals surface area contributed by atoms with Crippen molar-refractivity contribution in [3.05, 3.63) is 59.1 Å². The molecule has 1 aliphatic rings. The van der Waals surface area contributed by atoms with Crippen LogP contribution in [-0.2, 0) is 31.2 Å². The molecule has 1 atom stereocenters. The Morgan fingerprint density at radius 2 is 2.26 bits per heavy atom. The second-order valence-corrected chi connectivity index (χ2v) is 9.43. The Balaban J connectivity index is 1.17. The van der Waals surface area contributed by atoms with Crippen LogP contribution in [0.1, 0.15) is 22.4 Å². The summed E-state index contributed by atoms with van der Waals surface area (Å²) in [4.78, 5) is 23.5. The number of anilines is 2. The van der Waals surface area contributed by atoms with Crippen LogP contribution < -0.4 is 10.6 Å². The van der Waals surface area contributed by atoms with Crippen molar-refractivity contribution >= 4 is 50.1 Å². The minimum absolute atomic E-state index is 0.165. The lowest BCUT2D eigenvalue weighted by molar-refractivity contribution is 0.0899. The molecule has 34 heavy (non-hydrogen) atoms. The van der Waals surface area contributed by atoms with Crippen molar-refractivity contribution < 1.29 is 9.53 Å². The molecule has 1 amide bonds. The highest BCUT2D eigenvalue weighted by atomic mass is 32.1. The summed E-state index contributed by atoms with van der Waals surface area (Å²) in [5.74, 6) is 0.791. The van der Waals surface area contributed by atoms with Gasteiger partial charge >= 0.3 is 6.09 Å². The van der Waals surface area contributed by atoms with Gasteiger partial charge < -0.3 is 15.4 Å². The zero-order valence-corrected chi connectivity index (χ0v) is 19.2. The van der Waals surface area contributed by atoms with Crippen molar-refractivity contribution in [2.45, 2.75) is 31.9 Å². The first-order chi connectivity index (χ1) is 16.6. The van der Waals surface area contributed by atoms with Gasteiger partial charge in [-0.15, -0.1) is 11.3 Å². The molecule has 0 bridgehead atoms. The van der Waals surface area contributed by atoms with E-state index in [4.69, 9.17) is 4.74 Å². The van der Waals surface area contributed by atoms with Gasteiger partial charge in [0.05, 0.1) is 23.3 Å². The quantitative estimate of drug-likeness (QED) is 0.354. The lowest BCUT2D eigenvalue weighted by atomic mass is 9.94. The summed E-state index contributed by atoms with van der Waals surface area (Å²) >= 11 is 1.64. The number of benzene rings is 1. The zero-order chi connectivity index (χ0) is 23.1. The summed E-state index contributed by atoms with van der Waals surface area (Å²) in [6.45, 7) is 0.392. The van der Waals surface area contributed by atoms with E-state index in [1.807, 2.05) is 31.4 Å². The van der Waals surface area contributed by atoms with E-state index in [0.29, 0.717) is 13.0 Å². The normalized spacial score (nSPS) is 15.4. The second kappa shape index (κ2) is 8.41. The van der Waals surface area contributed by atoms with Crippen LogP contribution in [0.2, 0.25) is 0 Å². The smallest absolute Gasteiger partial charge is 0.407 e. The first-order valence-corrected chi connectivity index (χ1v) is 11.8. The molecule has 0 aliphatic heterocycles. The lowest BCUT2D eigenvalue weighted by Gasteiger charge is -2.22. The standard InChI is InChI=1S/C23H22N8O2S/c1-31-11-13(9-28-31)8-24-23(32)33-16-3-4-17-19(7-16)34-22-20(17)21(25-12-26-22)29-15-2-5-18-14(6-15)10-27-30-18/h2,5-6,9-12,16H,3-4,7-8H2,1H3,(H,24,32)(H,27,30)(H,25,26,29). The highest BCUT2D eigenvalue weighted by Gasteiger charge is 2.27. The summed E-state index contributed by atoms with van der Waals surface area (Å²) in [6.07, 6.45) is 8.65. The molecule has 0 radical (unpaired) electrons. The SMILES string of the molecule is Cn1cc(CNC(=O)OC2CCc3c(sc4ncnc(Nc5ccc6[nH]ncc6c5)c34)C2)cn1. The molecule has 1 aliphatic carbocycles. The van der Waals surface area contributed by atoms with E-state index in [1.165, 1.54) is 10.4 Å². The highest BCUT2D eigenvalue weighted by molar-refractivity contribution is 7.19. The van der Waals surface area contributed by atoms with Crippen LogP contribution in [0, 0.1) is 0 Å². The third-order valence-electron chi connectivity index (χ3n) is 5.97. The number of thiophene rings is 1. The number of H-pyrrole nitrogens is 1. The van der Waals surface area contributed by atoms with E-state index in [9.17, 15) is 4.79 Å². The van der Waals surface area contributed by atoms with Gasteiger partial charge in [0.1, 0.15) is 23.1 Å². The van der Waals surface area contributed by atoms with E-state index in [1.54, 1.807) is 34.7 Å². The number of carbonyl (C=O) groups excluding carboxylic acids is 1. The molecule has 4 aromatic heterocycles. The highest BCUT2D eigenvalue weighted by Crippen LogP contribution is 2.39. The van der Waals surface area contributed by atoms with Gasteiger partial charge in [0.25, 0.3) is 0 Å². The van der Waals surface area contributed by atoms with E-state index >= 15 is 0 Å². The number of aryl methyl sites for hydroxylation is 2. The van der Waals surface area contributed by atoms with Gasteiger partial charge in [-0.3, -0.25) is 9.78 Å². The molecule has 6 rings (SSSR count). The van der Waals surface area contributed by atoms with E-state index < -0.39 is 6.09 Å². The number of hydrogen-bond acceptors (Lipinski definition) is 8. The van der Waals surface area contributed by atoms with Crippen LogP contribution in [0.25, 0.3) is 21.1 Å². The van der Waals surface area contributed by atoms with E-state index in [0.717, 1.165) is 51.0 Å². The fourth-order valence-electron chi connectivity index (χ4n) is 4.36. The summed E-state index contributed by atoms with van der Waals surface area (Å²) < 4.78 is 7.40. The first-order valence-electron chi connectivity index (χ1n) is 11.0. The van der Waals surface area contributed by atoms with Crippen LogP contribution in [-0.4, -0.2) is 42.1 Å².